The minimum atomic E-state index is 0.0755. The molecule has 1 aromatic carbocycles. The van der Waals surface area contributed by atoms with E-state index in [9.17, 15) is 9.59 Å². The molecule has 20 heavy (non-hydrogen) atoms. The molecular weight excluding hydrogens is 252 g/mol. The molecule has 1 aliphatic rings. The van der Waals surface area contributed by atoms with Gasteiger partial charge < -0.3 is 10.2 Å². The second kappa shape index (κ2) is 7.08. The largest absolute Gasteiger partial charge is 0.356 e. The number of hydrogen-bond donors (Lipinski definition) is 1. The van der Waals surface area contributed by atoms with E-state index in [4.69, 9.17) is 0 Å². The minimum Gasteiger partial charge on any atom is -0.356 e. The van der Waals surface area contributed by atoms with Crippen LogP contribution in [0, 0.1) is 0 Å². The van der Waals surface area contributed by atoms with Crippen LogP contribution in [-0.2, 0) is 4.79 Å². The van der Waals surface area contributed by atoms with Gasteiger partial charge in [0.1, 0.15) is 0 Å². The van der Waals surface area contributed by atoms with E-state index >= 15 is 0 Å². The summed E-state index contributed by atoms with van der Waals surface area (Å²) in [5.74, 6) is 0.163. The second-order valence-electron chi connectivity index (χ2n) is 5.15. The zero-order valence-electron chi connectivity index (χ0n) is 12.0. The van der Waals surface area contributed by atoms with Crippen molar-refractivity contribution in [3.63, 3.8) is 0 Å². The van der Waals surface area contributed by atoms with E-state index in [1.165, 1.54) is 0 Å². The first-order valence-corrected chi connectivity index (χ1v) is 7.35. The number of nitrogens with zero attached hydrogens (tertiary/aromatic N) is 1. The molecule has 0 aromatic heterocycles. The van der Waals surface area contributed by atoms with Crippen molar-refractivity contribution in [2.45, 2.75) is 38.6 Å². The summed E-state index contributed by atoms with van der Waals surface area (Å²) in [4.78, 5) is 25.9. The van der Waals surface area contributed by atoms with Crippen LogP contribution in [0.15, 0.2) is 30.3 Å². The number of carbonyl (C=O) groups is 2. The molecule has 2 rings (SSSR count). The van der Waals surface area contributed by atoms with Gasteiger partial charge in [0.25, 0.3) is 5.91 Å². The van der Waals surface area contributed by atoms with Gasteiger partial charge in [-0.25, -0.2) is 0 Å². The van der Waals surface area contributed by atoms with E-state index in [1.54, 1.807) is 0 Å². The van der Waals surface area contributed by atoms with Gasteiger partial charge in [0, 0.05) is 31.1 Å². The smallest absolute Gasteiger partial charge is 0.254 e. The number of benzene rings is 1. The Hall–Kier alpha value is -1.84. The van der Waals surface area contributed by atoms with Crippen molar-refractivity contribution in [3.05, 3.63) is 35.9 Å². The zero-order valence-corrected chi connectivity index (χ0v) is 12.0. The summed E-state index contributed by atoms with van der Waals surface area (Å²) in [5, 5.41) is 2.80. The molecule has 1 saturated heterocycles. The third-order valence-electron chi connectivity index (χ3n) is 3.74. The lowest BCUT2D eigenvalue weighted by Gasteiger charge is -2.24. The fourth-order valence-corrected chi connectivity index (χ4v) is 2.73. The highest BCUT2D eigenvalue weighted by Gasteiger charge is 2.29. The van der Waals surface area contributed by atoms with Crippen molar-refractivity contribution in [1.82, 2.24) is 10.2 Å². The van der Waals surface area contributed by atoms with Gasteiger partial charge in [-0.3, -0.25) is 9.59 Å². The zero-order chi connectivity index (χ0) is 14.4. The summed E-state index contributed by atoms with van der Waals surface area (Å²) in [6, 6.07) is 9.57. The molecular formula is C16H22N2O2. The monoisotopic (exact) mass is 274 g/mol. The molecule has 0 aliphatic carbocycles. The lowest BCUT2D eigenvalue weighted by Crippen LogP contribution is -2.36. The average Bonchev–Trinajstić information content (AvgIpc) is 2.94. The van der Waals surface area contributed by atoms with Gasteiger partial charge in [0.15, 0.2) is 0 Å². The molecule has 108 valence electrons. The van der Waals surface area contributed by atoms with Crippen molar-refractivity contribution in [2.75, 3.05) is 13.1 Å². The highest BCUT2D eigenvalue weighted by molar-refractivity contribution is 5.94. The Morgan fingerprint density at radius 3 is 2.75 bits per heavy atom. The van der Waals surface area contributed by atoms with Crippen LogP contribution in [0.3, 0.4) is 0 Å². The third kappa shape index (κ3) is 3.59. The average molecular weight is 274 g/mol. The first kappa shape index (κ1) is 14.6. The van der Waals surface area contributed by atoms with Gasteiger partial charge in [0.2, 0.25) is 5.91 Å². The highest BCUT2D eigenvalue weighted by atomic mass is 16.2. The Labute approximate surface area is 120 Å². The van der Waals surface area contributed by atoms with Gasteiger partial charge >= 0.3 is 0 Å². The maximum Gasteiger partial charge on any atom is 0.254 e. The number of nitrogens with one attached hydrogen (secondary N) is 1. The Kier molecular flexibility index (Phi) is 5.16. The van der Waals surface area contributed by atoms with Gasteiger partial charge in [-0.1, -0.05) is 18.2 Å². The summed E-state index contributed by atoms with van der Waals surface area (Å²) in [7, 11) is 0. The summed E-state index contributed by atoms with van der Waals surface area (Å²) in [6.07, 6.45) is 3.28. The maximum atomic E-state index is 12.5. The minimum absolute atomic E-state index is 0.0755. The molecule has 1 heterocycles. The van der Waals surface area contributed by atoms with Gasteiger partial charge in [-0.05, 0) is 38.3 Å². The molecule has 1 aliphatic heterocycles. The summed E-state index contributed by atoms with van der Waals surface area (Å²) in [6.45, 7) is 3.38. The molecule has 1 N–H and O–H groups in total. The predicted octanol–water partition coefficient (Wildman–Crippen LogP) is 2.21. The molecule has 2 amide bonds. The molecule has 0 saturated carbocycles. The van der Waals surface area contributed by atoms with Crippen molar-refractivity contribution >= 4 is 11.8 Å². The number of amides is 2. The predicted molar refractivity (Wildman–Crippen MR) is 78.4 cm³/mol. The quantitative estimate of drug-likeness (QED) is 0.895. The van der Waals surface area contributed by atoms with Crippen LogP contribution >= 0.6 is 0 Å². The van der Waals surface area contributed by atoms with Crippen molar-refractivity contribution in [1.29, 1.82) is 0 Å². The number of hydrogen-bond acceptors (Lipinski definition) is 2. The summed E-state index contributed by atoms with van der Waals surface area (Å²) >= 11 is 0. The standard InChI is InChI=1S/C16H22N2O2/c1-2-17-15(19)11-10-14-9-6-12-18(14)16(20)13-7-4-3-5-8-13/h3-5,7-8,14H,2,6,9-12H2,1H3,(H,17,19). The molecule has 0 radical (unpaired) electrons. The van der Waals surface area contributed by atoms with Crippen molar-refractivity contribution in [2.24, 2.45) is 0 Å². The normalized spacial score (nSPS) is 18.1. The van der Waals surface area contributed by atoms with E-state index in [0.717, 1.165) is 31.4 Å². The van der Waals surface area contributed by atoms with Gasteiger partial charge in [-0.15, -0.1) is 0 Å². The first-order valence-electron chi connectivity index (χ1n) is 7.35. The number of carbonyl (C=O) groups excluding carboxylic acids is 2. The Bertz CT molecular complexity index is 459. The van der Waals surface area contributed by atoms with Crippen LogP contribution in [0.25, 0.3) is 0 Å². The van der Waals surface area contributed by atoms with Crippen LogP contribution in [0.2, 0.25) is 0 Å². The van der Waals surface area contributed by atoms with E-state index in [1.807, 2.05) is 42.2 Å². The van der Waals surface area contributed by atoms with Crippen molar-refractivity contribution < 1.29 is 9.59 Å². The highest BCUT2D eigenvalue weighted by Crippen LogP contribution is 2.23. The van der Waals surface area contributed by atoms with E-state index in [0.29, 0.717) is 13.0 Å². The number of rotatable bonds is 5. The maximum absolute atomic E-state index is 12.5. The molecule has 4 heteroatoms. The number of likely N-dealkylation sites (tertiary alicyclic amines) is 1. The molecule has 1 fully saturated rings. The van der Waals surface area contributed by atoms with Crippen LogP contribution in [0.5, 0.6) is 0 Å². The fourth-order valence-electron chi connectivity index (χ4n) is 2.73. The molecule has 0 spiro atoms. The topological polar surface area (TPSA) is 49.4 Å². The molecule has 4 nitrogen and oxygen atoms in total. The van der Waals surface area contributed by atoms with Crippen molar-refractivity contribution in [3.8, 4) is 0 Å². The van der Waals surface area contributed by atoms with E-state index in [-0.39, 0.29) is 17.9 Å². The molecule has 1 unspecified atom stereocenters. The Balaban J connectivity index is 1.94. The lowest BCUT2D eigenvalue weighted by atomic mass is 10.1. The first-order chi connectivity index (χ1) is 9.72. The van der Waals surface area contributed by atoms with Crippen LogP contribution < -0.4 is 5.32 Å². The fraction of sp³-hybridized carbons (Fsp3) is 0.500. The SMILES string of the molecule is CCNC(=O)CCC1CCCN1C(=O)c1ccccc1. The third-order valence-corrected chi connectivity index (χ3v) is 3.74. The summed E-state index contributed by atoms with van der Waals surface area (Å²) in [5.41, 5.74) is 0.734. The van der Waals surface area contributed by atoms with Gasteiger partial charge in [-0.2, -0.15) is 0 Å². The molecule has 0 bridgehead atoms. The van der Waals surface area contributed by atoms with E-state index < -0.39 is 0 Å². The van der Waals surface area contributed by atoms with Crippen LogP contribution in [-0.4, -0.2) is 35.8 Å². The Morgan fingerprint density at radius 1 is 1.30 bits per heavy atom. The molecule has 1 atom stereocenters. The molecule has 1 aromatic rings. The Morgan fingerprint density at radius 2 is 2.05 bits per heavy atom. The van der Waals surface area contributed by atoms with Crippen LogP contribution in [0.1, 0.15) is 43.0 Å². The summed E-state index contributed by atoms with van der Waals surface area (Å²) < 4.78 is 0. The second-order valence-corrected chi connectivity index (χ2v) is 5.15. The van der Waals surface area contributed by atoms with Gasteiger partial charge in [0.05, 0.1) is 0 Å². The van der Waals surface area contributed by atoms with E-state index in [2.05, 4.69) is 5.32 Å². The lowest BCUT2D eigenvalue weighted by molar-refractivity contribution is -0.121. The van der Waals surface area contributed by atoms with Crippen LogP contribution in [0.4, 0.5) is 0 Å².